The molecule has 0 saturated carbocycles. The predicted octanol–water partition coefficient (Wildman–Crippen LogP) is 4.10. The molecule has 2 heteroatoms. The summed E-state index contributed by atoms with van der Waals surface area (Å²) in [6, 6.07) is 0. The molecule has 0 spiro atoms. The highest BCUT2D eigenvalue weighted by molar-refractivity contribution is 6.70. The smallest absolute Gasteiger partial charge is 0.241 e. The van der Waals surface area contributed by atoms with Crippen LogP contribution in [0.4, 0.5) is 0 Å². The van der Waals surface area contributed by atoms with E-state index < -0.39 is 8.32 Å². The molecule has 0 saturated heterocycles. The summed E-state index contributed by atoms with van der Waals surface area (Å²) in [4.78, 5) is 0. The molecular weight excluding hydrogens is 188 g/mol. The van der Waals surface area contributed by atoms with Gasteiger partial charge in [-0.05, 0) is 38.1 Å². The average Bonchev–Trinajstić information content (AvgIpc) is 2.43. The molecule has 14 heavy (non-hydrogen) atoms. The van der Waals surface area contributed by atoms with Crippen LogP contribution in [0.5, 0.6) is 0 Å². The first-order valence-corrected chi connectivity index (χ1v) is 8.92. The van der Waals surface area contributed by atoms with Gasteiger partial charge in [0, 0.05) is 12.3 Å². The molecule has 0 aromatic rings. The molecule has 0 fully saturated rings. The summed E-state index contributed by atoms with van der Waals surface area (Å²) in [5, 5.41) is 0. The van der Waals surface area contributed by atoms with Crippen molar-refractivity contribution in [3.63, 3.8) is 0 Å². The topological polar surface area (TPSA) is 9.23 Å². The van der Waals surface area contributed by atoms with Crippen molar-refractivity contribution in [3.8, 4) is 0 Å². The van der Waals surface area contributed by atoms with Crippen LogP contribution in [0.15, 0.2) is 24.0 Å². The van der Waals surface area contributed by atoms with E-state index in [0.717, 1.165) is 12.8 Å². The zero-order valence-electron chi connectivity index (χ0n) is 9.89. The average molecular weight is 210 g/mol. The summed E-state index contributed by atoms with van der Waals surface area (Å²) in [5.74, 6) is 1.85. The molecule has 0 aromatic heterocycles. The van der Waals surface area contributed by atoms with Gasteiger partial charge >= 0.3 is 0 Å². The van der Waals surface area contributed by atoms with Crippen LogP contribution in [0.3, 0.4) is 0 Å². The molecule has 1 atom stereocenters. The molecule has 0 aromatic carbocycles. The number of hydrogen-bond acceptors (Lipinski definition) is 1. The third-order valence-electron chi connectivity index (χ3n) is 2.58. The third-order valence-corrected chi connectivity index (χ3v) is 3.44. The zero-order chi connectivity index (χ0) is 10.8. The molecule has 1 rings (SSSR count). The van der Waals surface area contributed by atoms with Crippen LogP contribution >= 0.6 is 0 Å². The summed E-state index contributed by atoms with van der Waals surface area (Å²) >= 11 is 0. The van der Waals surface area contributed by atoms with E-state index in [0.29, 0.717) is 5.92 Å². The van der Waals surface area contributed by atoms with Gasteiger partial charge in [-0.2, -0.15) is 0 Å². The van der Waals surface area contributed by atoms with E-state index in [1.165, 1.54) is 17.8 Å². The summed E-state index contributed by atoms with van der Waals surface area (Å²) in [7, 11) is -1.41. The first-order valence-electron chi connectivity index (χ1n) is 5.51. The molecule has 0 N–H and O–H groups in total. The molecule has 0 heterocycles. The van der Waals surface area contributed by atoms with Gasteiger partial charge in [-0.15, -0.1) is 6.58 Å². The second-order valence-corrected chi connectivity index (χ2v) is 9.33. The van der Waals surface area contributed by atoms with Crippen molar-refractivity contribution >= 4 is 8.32 Å². The Labute approximate surface area is 89.0 Å². The van der Waals surface area contributed by atoms with Gasteiger partial charge < -0.3 is 4.43 Å². The number of hydrogen-bond donors (Lipinski definition) is 0. The van der Waals surface area contributed by atoms with E-state index in [4.69, 9.17) is 4.43 Å². The van der Waals surface area contributed by atoms with E-state index in [9.17, 15) is 0 Å². The molecule has 0 amide bonds. The van der Waals surface area contributed by atoms with Crippen LogP contribution in [-0.2, 0) is 4.43 Å². The van der Waals surface area contributed by atoms with Crippen LogP contribution in [0.2, 0.25) is 19.6 Å². The lowest BCUT2D eigenvalue weighted by Gasteiger charge is -2.21. The maximum atomic E-state index is 6.10. The van der Waals surface area contributed by atoms with Gasteiger partial charge in [0.15, 0.2) is 0 Å². The van der Waals surface area contributed by atoms with Crippen molar-refractivity contribution in [3.05, 3.63) is 24.0 Å². The molecular formula is C12H22OSi. The fourth-order valence-electron chi connectivity index (χ4n) is 2.03. The van der Waals surface area contributed by atoms with Crippen molar-refractivity contribution in [2.45, 2.75) is 45.8 Å². The predicted molar refractivity (Wildman–Crippen MR) is 64.7 cm³/mol. The van der Waals surface area contributed by atoms with E-state index in [1.54, 1.807) is 0 Å². The van der Waals surface area contributed by atoms with Gasteiger partial charge in [0.1, 0.15) is 0 Å². The van der Waals surface area contributed by atoms with Crippen molar-refractivity contribution in [1.82, 2.24) is 0 Å². The van der Waals surface area contributed by atoms with Crippen molar-refractivity contribution < 1.29 is 4.43 Å². The fourth-order valence-corrected chi connectivity index (χ4v) is 3.01. The fraction of sp³-hybridized carbons (Fsp3) is 0.667. The Kier molecular flexibility index (Phi) is 3.59. The van der Waals surface area contributed by atoms with Crippen LogP contribution in [0, 0.1) is 5.92 Å². The van der Waals surface area contributed by atoms with Crippen molar-refractivity contribution in [2.24, 2.45) is 5.92 Å². The lowest BCUT2D eigenvalue weighted by atomic mass is 10.00. The second kappa shape index (κ2) is 4.35. The normalized spacial score (nSPS) is 22.7. The first-order chi connectivity index (χ1) is 6.48. The van der Waals surface area contributed by atoms with E-state index in [2.05, 4.69) is 39.2 Å². The summed E-state index contributed by atoms with van der Waals surface area (Å²) in [6.07, 6.45) is 5.49. The Balaban J connectivity index is 2.80. The lowest BCUT2D eigenvalue weighted by molar-refractivity contribution is 0.403. The highest BCUT2D eigenvalue weighted by atomic mass is 28.4. The van der Waals surface area contributed by atoms with E-state index >= 15 is 0 Å². The van der Waals surface area contributed by atoms with Gasteiger partial charge in [-0.25, -0.2) is 0 Å². The Hall–Kier alpha value is -0.503. The van der Waals surface area contributed by atoms with Gasteiger partial charge in [-0.1, -0.05) is 13.0 Å². The molecule has 1 aliphatic carbocycles. The lowest BCUT2D eigenvalue weighted by Crippen LogP contribution is -2.24. The molecule has 0 aliphatic heterocycles. The molecule has 0 radical (unpaired) electrons. The van der Waals surface area contributed by atoms with Crippen LogP contribution in [0.25, 0.3) is 0 Å². The van der Waals surface area contributed by atoms with Gasteiger partial charge in [-0.3, -0.25) is 0 Å². The maximum absolute atomic E-state index is 6.10. The Morgan fingerprint density at radius 1 is 1.50 bits per heavy atom. The quantitative estimate of drug-likeness (QED) is 0.501. The molecule has 0 bridgehead atoms. The standard InChI is InChI=1S/C12H22OSi/c1-6-10-8-9-12(11(10)7-2)13-14(3,4)5/h6,10H,1,7-9H2,2-5H3/t10-/m0/s1. The van der Waals surface area contributed by atoms with Crippen LogP contribution in [0.1, 0.15) is 26.2 Å². The summed E-state index contributed by atoms with van der Waals surface area (Å²) in [5.41, 5.74) is 1.49. The molecule has 0 unspecified atom stereocenters. The first kappa shape index (κ1) is 11.6. The highest BCUT2D eigenvalue weighted by Crippen LogP contribution is 2.36. The summed E-state index contributed by atoms with van der Waals surface area (Å²) in [6.45, 7) is 12.8. The minimum atomic E-state index is -1.41. The maximum Gasteiger partial charge on any atom is 0.241 e. The zero-order valence-corrected chi connectivity index (χ0v) is 10.9. The minimum Gasteiger partial charge on any atom is -0.547 e. The van der Waals surface area contributed by atoms with Crippen LogP contribution < -0.4 is 0 Å². The number of rotatable bonds is 4. The monoisotopic (exact) mass is 210 g/mol. The molecule has 1 aliphatic rings. The number of allylic oxidation sites excluding steroid dienone is 3. The van der Waals surface area contributed by atoms with Gasteiger partial charge in [0.2, 0.25) is 8.32 Å². The van der Waals surface area contributed by atoms with Crippen molar-refractivity contribution in [1.29, 1.82) is 0 Å². The largest absolute Gasteiger partial charge is 0.547 e. The Morgan fingerprint density at radius 2 is 2.14 bits per heavy atom. The second-order valence-electron chi connectivity index (χ2n) is 4.90. The Bertz CT molecular complexity index is 248. The SMILES string of the molecule is C=C[C@H]1CCC(O[Si](C)(C)C)=C1CC. The minimum absolute atomic E-state index is 0.575. The van der Waals surface area contributed by atoms with Crippen LogP contribution in [-0.4, -0.2) is 8.32 Å². The molecule has 1 nitrogen and oxygen atoms in total. The molecule has 80 valence electrons. The van der Waals surface area contributed by atoms with Gasteiger partial charge in [0.05, 0.1) is 5.76 Å². The Morgan fingerprint density at radius 3 is 2.57 bits per heavy atom. The summed E-state index contributed by atoms with van der Waals surface area (Å²) < 4.78 is 6.10. The van der Waals surface area contributed by atoms with E-state index in [-0.39, 0.29) is 0 Å². The highest BCUT2D eigenvalue weighted by Gasteiger charge is 2.26. The van der Waals surface area contributed by atoms with Gasteiger partial charge in [0.25, 0.3) is 0 Å². The van der Waals surface area contributed by atoms with E-state index in [1.807, 2.05) is 0 Å². The third kappa shape index (κ3) is 2.74. The van der Waals surface area contributed by atoms with Crippen molar-refractivity contribution in [2.75, 3.05) is 0 Å².